The Morgan fingerprint density at radius 3 is 2.62 bits per heavy atom. The Morgan fingerprint density at radius 1 is 1.29 bits per heavy atom. The number of hydrogen-bond acceptors (Lipinski definition) is 3. The highest BCUT2D eigenvalue weighted by Crippen LogP contribution is 2.15. The number of carbonyl (C=O) groups is 2. The van der Waals surface area contributed by atoms with Crippen LogP contribution in [0.1, 0.15) is 37.8 Å². The van der Waals surface area contributed by atoms with Crippen LogP contribution >= 0.6 is 0 Å². The molecule has 0 fully saturated rings. The molecule has 2 aromatic rings. The molecule has 0 saturated carbocycles. The van der Waals surface area contributed by atoms with Gasteiger partial charge >= 0.3 is 5.97 Å². The molecule has 2 rings (SSSR count). The van der Waals surface area contributed by atoms with Gasteiger partial charge in [0.15, 0.2) is 0 Å². The van der Waals surface area contributed by atoms with E-state index in [0.29, 0.717) is 11.3 Å². The third-order valence-corrected chi connectivity index (χ3v) is 3.06. The molecule has 0 aliphatic heterocycles. The Morgan fingerprint density at radius 2 is 2.00 bits per heavy atom. The smallest absolute Gasteiger partial charge is 0.339 e. The van der Waals surface area contributed by atoms with Crippen LogP contribution in [-0.2, 0) is 6.54 Å². The highest BCUT2D eigenvalue weighted by atomic mass is 19.1. The van der Waals surface area contributed by atoms with Crippen LogP contribution in [0.15, 0.2) is 28.7 Å². The molecule has 0 atom stereocenters. The van der Waals surface area contributed by atoms with E-state index < -0.39 is 17.7 Å². The molecule has 0 radical (unpaired) electrons. The minimum atomic E-state index is -1.10. The summed E-state index contributed by atoms with van der Waals surface area (Å²) in [5.74, 6) is -1.70. The van der Waals surface area contributed by atoms with Gasteiger partial charge in [0.1, 0.15) is 22.9 Å². The van der Waals surface area contributed by atoms with E-state index in [4.69, 9.17) is 9.52 Å². The fraction of sp³-hybridized carbons (Fsp3) is 0.200. The maximum atomic E-state index is 13.8. The monoisotopic (exact) mass is 291 g/mol. The summed E-state index contributed by atoms with van der Waals surface area (Å²) >= 11 is 0. The molecule has 6 heteroatoms. The first kappa shape index (κ1) is 14.8. The zero-order chi connectivity index (χ0) is 15.6. The van der Waals surface area contributed by atoms with Crippen LogP contribution in [0.2, 0.25) is 0 Å². The van der Waals surface area contributed by atoms with Gasteiger partial charge in [0.25, 0.3) is 5.91 Å². The number of nitrogens with one attached hydrogen (secondary N) is 1. The highest BCUT2D eigenvalue weighted by molar-refractivity contribution is 5.94. The summed E-state index contributed by atoms with van der Waals surface area (Å²) in [5.41, 5.74) is 0.363. The topological polar surface area (TPSA) is 79.5 Å². The normalized spacial score (nSPS) is 10.4. The van der Waals surface area contributed by atoms with Crippen molar-refractivity contribution in [3.8, 4) is 0 Å². The van der Waals surface area contributed by atoms with Gasteiger partial charge in [-0.05, 0) is 31.5 Å². The first-order valence-electron chi connectivity index (χ1n) is 6.26. The van der Waals surface area contributed by atoms with Crippen molar-refractivity contribution in [2.75, 3.05) is 0 Å². The van der Waals surface area contributed by atoms with Crippen LogP contribution in [-0.4, -0.2) is 17.0 Å². The van der Waals surface area contributed by atoms with Gasteiger partial charge in [-0.3, -0.25) is 4.79 Å². The predicted octanol–water partition coefficient (Wildman–Crippen LogP) is 2.66. The number of rotatable bonds is 4. The number of benzene rings is 1. The molecule has 5 nitrogen and oxygen atoms in total. The zero-order valence-electron chi connectivity index (χ0n) is 11.6. The lowest BCUT2D eigenvalue weighted by Gasteiger charge is -2.06. The van der Waals surface area contributed by atoms with Gasteiger partial charge < -0.3 is 14.8 Å². The Bertz CT molecular complexity index is 706. The second-order valence-corrected chi connectivity index (χ2v) is 4.61. The van der Waals surface area contributed by atoms with Crippen LogP contribution in [0.3, 0.4) is 0 Å². The van der Waals surface area contributed by atoms with Crippen molar-refractivity contribution in [3.05, 3.63) is 58.3 Å². The molecule has 0 saturated heterocycles. The van der Waals surface area contributed by atoms with Gasteiger partial charge in [-0.25, -0.2) is 9.18 Å². The van der Waals surface area contributed by atoms with E-state index in [1.54, 1.807) is 19.1 Å². The largest absolute Gasteiger partial charge is 0.478 e. The second-order valence-electron chi connectivity index (χ2n) is 4.61. The van der Waals surface area contributed by atoms with E-state index in [1.807, 2.05) is 0 Å². The van der Waals surface area contributed by atoms with Crippen LogP contribution < -0.4 is 5.32 Å². The van der Waals surface area contributed by atoms with Crippen molar-refractivity contribution in [2.24, 2.45) is 0 Å². The van der Waals surface area contributed by atoms with E-state index >= 15 is 0 Å². The van der Waals surface area contributed by atoms with Crippen LogP contribution in [0.4, 0.5) is 4.39 Å². The standard InChI is InChI=1S/C15H14FNO4/c1-8-4-3-5-11(13(8)16)14(18)17-7-10-6-12(15(19)20)9(2)21-10/h3-6H,7H2,1-2H3,(H,17,18)(H,19,20). The summed E-state index contributed by atoms with van der Waals surface area (Å²) in [6.45, 7) is 3.08. The Balaban J connectivity index is 2.09. The summed E-state index contributed by atoms with van der Waals surface area (Å²) < 4.78 is 19.0. The fourth-order valence-electron chi connectivity index (χ4n) is 1.93. The van der Waals surface area contributed by atoms with Crippen LogP contribution in [0, 0.1) is 19.7 Å². The SMILES string of the molecule is Cc1cccc(C(=O)NCc2cc(C(=O)O)c(C)o2)c1F. The number of aromatic carboxylic acids is 1. The van der Waals surface area contributed by atoms with Crippen LogP contribution in [0.25, 0.3) is 0 Å². The first-order valence-corrected chi connectivity index (χ1v) is 6.26. The molecule has 21 heavy (non-hydrogen) atoms. The maximum absolute atomic E-state index is 13.8. The average Bonchev–Trinajstić information content (AvgIpc) is 2.80. The van der Waals surface area contributed by atoms with Gasteiger partial charge in [0.05, 0.1) is 12.1 Å². The summed E-state index contributed by atoms with van der Waals surface area (Å²) in [6, 6.07) is 5.88. The number of carboxylic acids is 1. The summed E-state index contributed by atoms with van der Waals surface area (Å²) in [5, 5.41) is 11.4. The molecular formula is C15H14FNO4. The number of carbonyl (C=O) groups excluding carboxylic acids is 1. The van der Waals surface area contributed by atoms with E-state index in [2.05, 4.69) is 5.32 Å². The number of hydrogen-bond donors (Lipinski definition) is 2. The Kier molecular flexibility index (Phi) is 4.07. The van der Waals surface area contributed by atoms with Crippen molar-refractivity contribution in [1.29, 1.82) is 0 Å². The Labute approximate surface area is 120 Å². The fourth-order valence-corrected chi connectivity index (χ4v) is 1.93. The molecule has 1 heterocycles. The van der Waals surface area contributed by atoms with Gasteiger partial charge in [-0.2, -0.15) is 0 Å². The quantitative estimate of drug-likeness (QED) is 0.907. The third kappa shape index (κ3) is 3.10. The van der Waals surface area contributed by atoms with Crippen molar-refractivity contribution in [2.45, 2.75) is 20.4 Å². The number of furan rings is 1. The van der Waals surface area contributed by atoms with E-state index in [0.717, 1.165) is 0 Å². The first-order chi connectivity index (χ1) is 9.90. The van der Waals surface area contributed by atoms with Crippen molar-refractivity contribution in [1.82, 2.24) is 5.32 Å². The van der Waals surface area contributed by atoms with Gasteiger partial charge in [-0.1, -0.05) is 12.1 Å². The average molecular weight is 291 g/mol. The zero-order valence-corrected chi connectivity index (χ0v) is 11.6. The second kappa shape index (κ2) is 5.78. The molecule has 1 aromatic carbocycles. The molecule has 0 unspecified atom stereocenters. The molecule has 1 amide bonds. The molecule has 1 aromatic heterocycles. The highest BCUT2D eigenvalue weighted by Gasteiger charge is 2.16. The lowest BCUT2D eigenvalue weighted by Crippen LogP contribution is -2.23. The minimum absolute atomic E-state index is 0.0136. The molecule has 0 aliphatic rings. The van der Waals surface area contributed by atoms with Crippen LogP contribution in [0.5, 0.6) is 0 Å². The molecule has 2 N–H and O–H groups in total. The van der Waals surface area contributed by atoms with E-state index in [9.17, 15) is 14.0 Å². The summed E-state index contributed by atoms with van der Waals surface area (Å²) in [4.78, 5) is 22.8. The maximum Gasteiger partial charge on any atom is 0.339 e. The summed E-state index contributed by atoms with van der Waals surface area (Å²) in [7, 11) is 0. The number of amides is 1. The lowest BCUT2D eigenvalue weighted by molar-refractivity contribution is 0.0694. The Hall–Kier alpha value is -2.63. The van der Waals surface area contributed by atoms with Crippen molar-refractivity contribution in [3.63, 3.8) is 0 Å². The predicted molar refractivity (Wildman–Crippen MR) is 72.7 cm³/mol. The van der Waals surface area contributed by atoms with Gasteiger partial charge in [0, 0.05) is 0 Å². The number of halogens is 1. The van der Waals surface area contributed by atoms with E-state index in [1.165, 1.54) is 19.1 Å². The summed E-state index contributed by atoms with van der Waals surface area (Å²) in [6.07, 6.45) is 0. The van der Waals surface area contributed by atoms with Gasteiger partial charge in [0.2, 0.25) is 0 Å². The van der Waals surface area contributed by atoms with E-state index in [-0.39, 0.29) is 23.4 Å². The molecule has 110 valence electrons. The number of aryl methyl sites for hydroxylation is 2. The molecule has 0 aliphatic carbocycles. The van der Waals surface area contributed by atoms with Crippen molar-refractivity contribution < 1.29 is 23.5 Å². The third-order valence-electron chi connectivity index (χ3n) is 3.06. The van der Waals surface area contributed by atoms with Gasteiger partial charge in [-0.15, -0.1) is 0 Å². The molecule has 0 spiro atoms. The lowest BCUT2D eigenvalue weighted by atomic mass is 10.1. The minimum Gasteiger partial charge on any atom is -0.478 e. The molecular weight excluding hydrogens is 277 g/mol. The van der Waals surface area contributed by atoms with Crippen molar-refractivity contribution >= 4 is 11.9 Å². The number of carboxylic acid groups (broad SMARTS) is 1. The molecule has 0 bridgehead atoms.